The third kappa shape index (κ3) is 5.14. The van der Waals surface area contributed by atoms with Gasteiger partial charge in [0.05, 0.1) is 5.69 Å². The Bertz CT molecular complexity index is 1570. The number of hydrogen-bond acceptors (Lipinski definition) is 5. The molecule has 3 amide bonds. The summed E-state index contributed by atoms with van der Waals surface area (Å²) in [5.74, 6) is -0.344. The maximum Gasteiger partial charge on any atom is 0.283 e. The van der Waals surface area contributed by atoms with Crippen molar-refractivity contribution in [1.29, 1.82) is 0 Å². The normalized spacial score (nSPS) is 13.1. The molecule has 1 heterocycles. The van der Waals surface area contributed by atoms with Gasteiger partial charge in [-0.3, -0.25) is 14.4 Å². The molecule has 0 saturated heterocycles. The Labute approximate surface area is 224 Å². The van der Waals surface area contributed by atoms with Crippen molar-refractivity contribution >= 4 is 46.4 Å². The lowest BCUT2D eigenvalue weighted by Crippen LogP contribution is -2.32. The highest BCUT2D eigenvalue weighted by Gasteiger charge is 2.39. The molecule has 1 aliphatic heterocycles. The molecule has 8 heteroatoms. The Morgan fingerprint density at radius 2 is 1.47 bits per heavy atom. The van der Waals surface area contributed by atoms with E-state index in [1.807, 2.05) is 61.5 Å². The number of carbonyl (C=O) groups is 3. The Kier molecular flexibility index (Phi) is 6.93. The van der Waals surface area contributed by atoms with Crippen LogP contribution in [0.25, 0.3) is 0 Å². The van der Waals surface area contributed by atoms with Gasteiger partial charge >= 0.3 is 0 Å². The zero-order valence-corrected chi connectivity index (χ0v) is 21.0. The molecule has 0 spiro atoms. The van der Waals surface area contributed by atoms with Crippen molar-refractivity contribution in [2.24, 2.45) is 0 Å². The number of nitrogens with zero attached hydrogens (tertiary/aromatic N) is 1. The predicted octanol–water partition coefficient (Wildman–Crippen LogP) is 6.48. The molecule has 38 heavy (non-hydrogen) atoms. The van der Waals surface area contributed by atoms with E-state index in [2.05, 4.69) is 10.6 Å². The first kappa shape index (κ1) is 24.8. The maximum absolute atomic E-state index is 13.2. The number of aryl methyl sites for hydroxylation is 1. The first-order chi connectivity index (χ1) is 18.4. The van der Waals surface area contributed by atoms with Crippen LogP contribution in [0.1, 0.15) is 15.9 Å². The van der Waals surface area contributed by atoms with E-state index in [1.54, 1.807) is 48.5 Å². The molecule has 0 radical (unpaired) electrons. The lowest BCUT2D eigenvalue weighted by atomic mass is 10.1. The molecule has 0 aliphatic carbocycles. The van der Waals surface area contributed by atoms with Crippen LogP contribution in [0.15, 0.2) is 114 Å². The predicted molar refractivity (Wildman–Crippen MR) is 148 cm³/mol. The van der Waals surface area contributed by atoms with Crippen LogP contribution in [-0.2, 0) is 9.59 Å². The zero-order chi connectivity index (χ0) is 26.6. The maximum atomic E-state index is 13.2. The van der Waals surface area contributed by atoms with E-state index in [1.165, 1.54) is 0 Å². The Morgan fingerprint density at radius 1 is 0.789 bits per heavy atom. The second-order valence-corrected chi connectivity index (χ2v) is 8.90. The lowest BCUT2D eigenvalue weighted by molar-refractivity contribution is -0.120. The summed E-state index contributed by atoms with van der Waals surface area (Å²) in [5, 5.41) is 5.55. The smallest absolute Gasteiger partial charge is 0.283 e. The largest absolute Gasteiger partial charge is 0.457 e. The molecule has 188 valence electrons. The number of hydrogen-bond donors (Lipinski definition) is 2. The second-order valence-electron chi connectivity index (χ2n) is 8.52. The van der Waals surface area contributed by atoms with Gasteiger partial charge in [-0.1, -0.05) is 54.1 Å². The number of imide groups is 1. The minimum Gasteiger partial charge on any atom is -0.457 e. The molecule has 0 aromatic heterocycles. The molecule has 0 atom stereocenters. The Morgan fingerprint density at radius 3 is 2.21 bits per heavy atom. The van der Waals surface area contributed by atoms with Crippen molar-refractivity contribution in [3.8, 4) is 11.5 Å². The number of nitrogens with one attached hydrogen (secondary N) is 2. The van der Waals surface area contributed by atoms with Gasteiger partial charge in [-0.25, -0.2) is 4.90 Å². The van der Waals surface area contributed by atoms with E-state index < -0.39 is 11.8 Å². The average molecular weight is 524 g/mol. The third-order valence-corrected chi connectivity index (χ3v) is 6.24. The molecule has 4 aromatic rings. The number of para-hydroxylation sites is 2. The minimum absolute atomic E-state index is 0.0715. The molecule has 1 aliphatic rings. The fourth-order valence-corrected chi connectivity index (χ4v) is 4.14. The molecule has 4 aromatic carbocycles. The fraction of sp³-hybridized carbons (Fsp3) is 0.0333. The number of rotatable bonds is 7. The zero-order valence-electron chi connectivity index (χ0n) is 20.3. The standard InChI is InChI=1S/C30H22ClN3O4/c1-19-8-5-6-13-25(19)33-28(35)20-9-7-10-21(18-20)32-27-26(31)29(36)34(30(27)37)22-14-16-24(17-15-22)38-23-11-3-2-4-12-23/h2-18,32H,1H3,(H,33,35). The lowest BCUT2D eigenvalue weighted by Gasteiger charge is -2.16. The van der Waals surface area contributed by atoms with Crippen LogP contribution in [0.5, 0.6) is 11.5 Å². The van der Waals surface area contributed by atoms with Crippen LogP contribution < -0.4 is 20.3 Å². The third-order valence-electron chi connectivity index (χ3n) is 5.89. The van der Waals surface area contributed by atoms with E-state index in [0.29, 0.717) is 34.1 Å². The number of anilines is 3. The van der Waals surface area contributed by atoms with Crippen LogP contribution in [0.3, 0.4) is 0 Å². The SMILES string of the molecule is Cc1ccccc1NC(=O)c1cccc(NC2=C(Cl)C(=O)N(c3ccc(Oc4ccccc4)cc3)C2=O)c1. The van der Waals surface area contributed by atoms with Gasteiger partial charge in [-0.2, -0.15) is 0 Å². The van der Waals surface area contributed by atoms with E-state index >= 15 is 0 Å². The Balaban J connectivity index is 1.30. The molecule has 2 N–H and O–H groups in total. The van der Waals surface area contributed by atoms with Crippen LogP contribution in [0.4, 0.5) is 17.1 Å². The van der Waals surface area contributed by atoms with Crippen molar-refractivity contribution < 1.29 is 19.1 Å². The topological polar surface area (TPSA) is 87.7 Å². The molecule has 0 unspecified atom stereocenters. The first-order valence-corrected chi connectivity index (χ1v) is 12.1. The number of benzene rings is 4. The summed E-state index contributed by atoms with van der Waals surface area (Å²) in [5.41, 5.74) is 2.72. The van der Waals surface area contributed by atoms with Crippen molar-refractivity contribution in [3.63, 3.8) is 0 Å². The van der Waals surface area contributed by atoms with Gasteiger partial charge in [-0.05, 0) is 73.2 Å². The summed E-state index contributed by atoms with van der Waals surface area (Å²) in [6, 6.07) is 29.9. The highest BCUT2D eigenvalue weighted by atomic mass is 35.5. The van der Waals surface area contributed by atoms with Gasteiger partial charge in [0.1, 0.15) is 22.2 Å². The van der Waals surface area contributed by atoms with Crippen molar-refractivity contribution in [2.45, 2.75) is 6.92 Å². The minimum atomic E-state index is -0.649. The average Bonchev–Trinajstić information content (AvgIpc) is 3.14. The molecule has 7 nitrogen and oxygen atoms in total. The van der Waals surface area contributed by atoms with Gasteiger partial charge in [0.2, 0.25) is 0 Å². The van der Waals surface area contributed by atoms with Crippen molar-refractivity contribution in [3.05, 3.63) is 125 Å². The highest BCUT2D eigenvalue weighted by molar-refractivity contribution is 6.53. The monoisotopic (exact) mass is 523 g/mol. The molecule has 0 saturated carbocycles. The summed E-state index contributed by atoms with van der Waals surface area (Å²) in [6.45, 7) is 1.90. The number of amides is 3. The van der Waals surface area contributed by atoms with Gasteiger partial charge in [0, 0.05) is 16.9 Å². The summed E-state index contributed by atoms with van der Waals surface area (Å²) in [4.78, 5) is 39.9. The molecule has 0 fully saturated rings. The molecular weight excluding hydrogens is 502 g/mol. The summed E-state index contributed by atoms with van der Waals surface area (Å²) in [7, 11) is 0. The van der Waals surface area contributed by atoms with Crippen molar-refractivity contribution in [1.82, 2.24) is 0 Å². The van der Waals surface area contributed by atoms with Gasteiger partial charge in [0.25, 0.3) is 17.7 Å². The summed E-state index contributed by atoms with van der Waals surface area (Å²) < 4.78 is 5.78. The van der Waals surface area contributed by atoms with E-state index in [9.17, 15) is 14.4 Å². The van der Waals surface area contributed by atoms with E-state index in [4.69, 9.17) is 16.3 Å². The van der Waals surface area contributed by atoms with E-state index in [0.717, 1.165) is 10.5 Å². The summed E-state index contributed by atoms with van der Waals surface area (Å²) in [6.07, 6.45) is 0. The second kappa shape index (κ2) is 10.6. The molecule has 5 rings (SSSR count). The van der Waals surface area contributed by atoms with Crippen LogP contribution in [-0.4, -0.2) is 17.7 Å². The number of carbonyl (C=O) groups excluding carboxylic acids is 3. The Hall–Kier alpha value is -4.88. The van der Waals surface area contributed by atoms with Crippen molar-refractivity contribution in [2.75, 3.05) is 15.5 Å². The van der Waals surface area contributed by atoms with Crippen LogP contribution in [0.2, 0.25) is 0 Å². The number of halogens is 1. The fourth-order valence-electron chi connectivity index (χ4n) is 3.92. The van der Waals surface area contributed by atoms with Crippen LogP contribution >= 0.6 is 11.6 Å². The van der Waals surface area contributed by atoms with Gasteiger partial charge in [-0.15, -0.1) is 0 Å². The van der Waals surface area contributed by atoms with Gasteiger partial charge < -0.3 is 15.4 Å². The first-order valence-electron chi connectivity index (χ1n) is 11.8. The molecular formula is C30H22ClN3O4. The quantitative estimate of drug-likeness (QED) is 0.271. The van der Waals surface area contributed by atoms with Crippen LogP contribution in [0, 0.1) is 6.92 Å². The number of ether oxygens (including phenoxy) is 1. The molecule has 0 bridgehead atoms. The summed E-state index contributed by atoms with van der Waals surface area (Å²) >= 11 is 6.28. The van der Waals surface area contributed by atoms with E-state index in [-0.39, 0.29) is 16.6 Å². The highest BCUT2D eigenvalue weighted by Crippen LogP contribution is 2.32. The van der Waals surface area contributed by atoms with Gasteiger partial charge in [0.15, 0.2) is 0 Å².